The highest BCUT2D eigenvalue weighted by molar-refractivity contribution is 7.11. The number of aliphatic hydroxyl groups excluding tert-OH is 1. The average Bonchev–Trinajstić information content (AvgIpc) is 3.06. The summed E-state index contributed by atoms with van der Waals surface area (Å²) in [6, 6.07) is 12.9. The molecule has 0 saturated heterocycles. The summed E-state index contributed by atoms with van der Waals surface area (Å²) in [7, 11) is 0. The van der Waals surface area contributed by atoms with Crippen LogP contribution in [-0.4, -0.2) is 21.0 Å². The lowest BCUT2D eigenvalue weighted by atomic mass is 10.1. The highest BCUT2D eigenvalue weighted by Gasteiger charge is 2.11. The quantitative estimate of drug-likeness (QED) is 0.675. The molecule has 0 fully saturated rings. The third kappa shape index (κ3) is 4.59. The van der Waals surface area contributed by atoms with Crippen LogP contribution in [0.2, 0.25) is 0 Å². The number of aromatic nitrogens is 2. The minimum Gasteiger partial charge on any atom is -0.387 e. The first kappa shape index (κ1) is 19.2. The first-order chi connectivity index (χ1) is 13.0. The Morgan fingerprint density at radius 1 is 1.19 bits per heavy atom. The van der Waals surface area contributed by atoms with E-state index >= 15 is 0 Å². The number of amides is 1. The van der Waals surface area contributed by atoms with Crippen LogP contribution in [-0.2, 0) is 13.0 Å². The van der Waals surface area contributed by atoms with E-state index in [1.54, 1.807) is 36.5 Å². The van der Waals surface area contributed by atoms with Gasteiger partial charge in [-0.2, -0.15) is 0 Å². The molecule has 0 aliphatic heterocycles. The van der Waals surface area contributed by atoms with E-state index in [0.29, 0.717) is 17.8 Å². The third-order valence-electron chi connectivity index (χ3n) is 4.27. The van der Waals surface area contributed by atoms with Crippen molar-refractivity contribution in [1.82, 2.24) is 15.3 Å². The number of aliphatic hydroxyl groups is 1. The molecule has 0 aliphatic rings. The molecule has 1 amide bonds. The molecule has 2 N–H and O–H groups in total. The first-order valence-corrected chi connectivity index (χ1v) is 9.78. The Bertz CT molecular complexity index is 933. The van der Waals surface area contributed by atoms with Crippen LogP contribution in [0.5, 0.6) is 0 Å². The number of rotatable bonds is 6. The summed E-state index contributed by atoms with van der Waals surface area (Å²) in [5, 5.41) is 13.7. The average molecular weight is 382 g/mol. The molecule has 1 unspecified atom stereocenters. The second-order valence-corrected chi connectivity index (χ2v) is 7.63. The molecule has 0 spiro atoms. The van der Waals surface area contributed by atoms with Gasteiger partial charge in [0.05, 0.1) is 34.7 Å². The van der Waals surface area contributed by atoms with E-state index in [2.05, 4.69) is 22.2 Å². The Kier molecular flexibility index (Phi) is 5.98. The van der Waals surface area contributed by atoms with Gasteiger partial charge in [0.15, 0.2) is 0 Å². The van der Waals surface area contributed by atoms with Crippen LogP contribution in [0.4, 0.5) is 0 Å². The van der Waals surface area contributed by atoms with Crippen molar-refractivity contribution >= 4 is 17.2 Å². The molecule has 27 heavy (non-hydrogen) atoms. The van der Waals surface area contributed by atoms with Crippen LogP contribution in [0.3, 0.4) is 0 Å². The fourth-order valence-electron chi connectivity index (χ4n) is 2.83. The summed E-state index contributed by atoms with van der Waals surface area (Å²) in [4.78, 5) is 22.5. The van der Waals surface area contributed by atoms with Gasteiger partial charge >= 0.3 is 0 Å². The number of hydrogen-bond acceptors (Lipinski definition) is 5. The minimum atomic E-state index is -0.613. The van der Waals surface area contributed by atoms with Crippen LogP contribution in [0, 0.1) is 6.92 Å². The number of nitrogens with one attached hydrogen (secondary N) is 1. The molecule has 0 aliphatic carbocycles. The van der Waals surface area contributed by atoms with Crippen LogP contribution >= 0.6 is 11.3 Å². The number of thiazole rings is 1. The highest BCUT2D eigenvalue weighted by Crippen LogP contribution is 2.21. The lowest BCUT2D eigenvalue weighted by Gasteiger charge is -2.08. The summed E-state index contributed by atoms with van der Waals surface area (Å²) in [6.07, 6.45) is 0.251. The van der Waals surface area contributed by atoms with Gasteiger partial charge in [0.25, 0.3) is 5.91 Å². The van der Waals surface area contributed by atoms with Gasteiger partial charge in [-0.3, -0.25) is 9.78 Å². The van der Waals surface area contributed by atoms with Crippen LogP contribution in [0.15, 0.2) is 42.5 Å². The van der Waals surface area contributed by atoms with Crippen LogP contribution in [0.25, 0.3) is 11.3 Å². The predicted molar refractivity (Wildman–Crippen MR) is 108 cm³/mol. The van der Waals surface area contributed by atoms with E-state index in [4.69, 9.17) is 0 Å². The normalized spacial score (nSPS) is 12.0. The van der Waals surface area contributed by atoms with Gasteiger partial charge in [-0.05, 0) is 44.5 Å². The molecule has 0 saturated carbocycles. The fourth-order valence-corrected chi connectivity index (χ4v) is 3.79. The number of aryl methyl sites for hydroxylation is 2. The van der Waals surface area contributed by atoms with E-state index in [9.17, 15) is 9.90 Å². The minimum absolute atomic E-state index is 0.111. The van der Waals surface area contributed by atoms with Crippen molar-refractivity contribution in [2.45, 2.75) is 39.8 Å². The van der Waals surface area contributed by atoms with E-state index in [1.165, 1.54) is 0 Å². The molecule has 0 bridgehead atoms. The zero-order valence-electron chi connectivity index (χ0n) is 15.7. The molecule has 6 heteroatoms. The summed E-state index contributed by atoms with van der Waals surface area (Å²) >= 11 is 1.62. The molecule has 2 aromatic heterocycles. The number of pyridine rings is 1. The largest absolute Gasteiger partial charge is 0.387 e. The molecular formula is C21H23N3O2S. The maximum absolute atomic E-state index is 12.4. The summed E-state index contributed by atoms with van der Waals surface area (Å²) < 4.78 is 0. The summed E-state index contributed by atoms with van der Waals surface area (Å²) in [6.45, 7) is 6.23. The SMILES string of the molecule is CCc1nc(C)sc1CNC(=O)c1ccc(-c2cccc(C(C)O)n2)cc1. The van der Waals surface area contributed by atoms with Crippen molar-refractivity contribution < 1.29 is 9.90 Å². The molecule has 3 rings (SSSR count). The predicted octanol–water partition coefficient (Wildman–Crippen LogP) is 4.06. The molecule has 1 aromatic carbocycles. The van der Waals surface area contributed by atoms with Crippen molar-refractivity contribution in [3.63, 3.8) is 0 Å². The monoisotopic (exact) mass is 381 g/mol. The number of hydrogen-bond donors (Lipinski definition) is 2. The molecular weight excluding hydrogens is 358 g/mol. The number of carbonyl (C=O) groups excluding carboxylic acids is 1. The van der Waals surface area contributed by atoms with Gasteiger partial charge in [0.1, 0.15) is 0 Å². The maximum Gasteiger partial charge on any atom is 0.251 e. The highest BCUT2D eigenvalue weighted by atomic mass is 32.1. The first-order valence-electron chi connectivity index (χ1n) is 8.96. The van der Waals surface area contributed by atoms with Gasteiger partial charge < -0.3 is 10.4 Å². The molecule has 140 valence electrons. The molecule has 2 heterocycles. The Balaban J connectivity index is 1.69. The van der Waals surface area contributed by atoms with E-state index < -0.39 is 6.10 Å². The Morgan fingerprint density at radius 2 is 1.93 bits per heavy atom. The topological polar surface area (TPSA) is 75.1 Å². The van der Waals surface area contributed by atoms with Gasteiger partial charge in [0.2, 0.25) is 0 Å². The van der Waals surface area contributed by atoms with Gasteiger partial charge in [-0.1, -0.05) is 25.1 Å². The molecule has 3 aromatic rings. The van der Waals surface area contributed by atoms with Crippen LogP contribution < -0.4 is 5.32 Å². The standard InChI is InChI=1S/C21H23N3O2S/c1-4-17-20(27-14(3)23-17)12-22-21(26)16-10-8-15(9-11-16)19-7-5-6-18(24-19)13(2)25/h5-11,13,25H,4,12H2,1-3H3,(H,22,26). The number of benzene rings is 1. The summed E-state index contributed by atoms with van der Waals surface area (Å²) in [5.74, 6) is -0.111. The zero-order valence-corrected chi connectivity index (χ0v) is 16.5. The maximum atomic E-state index is 12.4. The van der Waals surface area contributed by atoms with E-state index in [-0.39, 0.29) is 5.91 Å². The molecule has 5 nitrogen and oxygen atoms in total. The number of nitrogens with zero attached hydrogens (tertiary/aromatic N) is 2. The van der Waals surface area contributed by atoms with Crippen molar-refractivity contribution in [2.75, 3.05) is 0 Å². The van der Waals surface area contributed by atoms with Crippen molar-refractivity contribution in [3.05, 3.63) is 69.3 Å². The van der Waals surface area contributed by atoms with Crippen molar-refractivity contribution in [3.8, 4) is 11.3 Å². The fraction of sp³-hybridized carbons (Fsp3) is 0.286. The van der Waals surface area contributed by atoms with E-state index in [1.807, 2.05) is 31.2 Å². The van der Waals surface area contributed by atoms with Gasteiger partial charge in [0, 0.05) is 16.0 Å². The smallest absolute Gasteiger partial charge is 0.251 e. The van der Waals surface area contributed by atoms with Gasteiger partial charge in [-0.15, -0.1) is 11.3 Å². The second-order valence-electron chi connectivity index (χ2n) is 6.34. The Labute approximate surface area is 163 Å². The van der Waals surface area contributed by atoms with Crippen LogP contribution in [0.1, 0.15) is 51.6 Å². The van der Waals surface area contributed by atoms with E-state index in [0.717, 1.165) is 33.3 Å². The summed E-state index contributed by atoms with van der Waals surface area (Å²) in [5.41, 5.74) is 3.95. The Morgan fingerprint density at radius 3 is 2.59 bits per heavy atom. The van der Waals surface area contributed by atoms with Crippen molar-refractivity contribution in [1.29, 1.82) is 0 Å². The van der Waals surface area contributed by atoms with Gasteiger partial charge in [-0.25, -0.2) is 4.98 Å². The second kappa shape index (κ2) is 8.41. The lowest BCUT2D eigenvalue weighted by Crippen LogP contribution is -2.22. The molecule has 1 atom stereocenters. The van der Waals surface area contributed by atoms with Crippen molar-refractivity contribution in [2.24, 2.45) is 0 Å². The zero-order chi connectivity index (χ0) is 19.4. The molecule has 0 radical (unpaired) electrons. The third-order valence-corrected chi connectivity index (χ3v) is 5.28. The lowest BCUT2D eigenvalue weighted by molar-refractivity contribution is 0.0951. The number of carbonyl (C=O) groups is 1. The Hall–Kier alpha value is -2.57.